The van der Waals surface area contributed by atoms with Crippen molar-refractivity contribution in [1.29, 1.82) is 0 Å². The molecular formula is C19H14Cl2N6OS2. The van der Waals surface area contributed by atoms with Crippen LogP contribution >= 0.6 is 46.3 Å². The van der Waals surface area contributed by atoms with Crippen LogP contribution in [-0.2, 0) is 11.2 Å². The van der Waals surface area contributed by atoms with Crippen molar-refractivity contribution < 1.29 is 4.79 Å². The normalized spacial score (nSPS) is 10.9. The first-order valence-corrected chi connectivity index (χ1v) is 11.3. The number of anilines is 1. The highest BCUT2D eigenvalue weighted by Gasteiger charge is 2.14. The van der Waals surface area contributed by atoms with Crippen LogP contribution in [0.3, 0.4) is 0 Å². The zero-order chi connectivity index (χ0) is 20.9. The maximum absolute atomic E-state index is 12.3. The molecule has 2 aromatic heterocycles. The monoisotopic (exact) mass is 476 g/mol. The molecule has 0 aliphatic heterocycles. The number of para-hydroxylation sites is 1. The van der Waals surface area contributed by atoms with Gasteiger partial charge < -0.3 is 5.32 Å². The molecule has 30 heavy (non-hydrogen) atoms. The molecule has 4 aromatic rings. The van der Waals surface area contributed by atoms with Gasteiger partial charge in [-0.1, -0.05) is 59.2 Å². The highest BCUT2D eigenvalue weighted by Crippen LogP contribution is 2.29. The first-order chi connectivity index (χ1) is 14.6. The second-order valence-corrected chi connectivity index (χ2v) is 8.93. The van der Waals surface area contributed by atoms with E-state index in [0.717, 1.165) is 16.1 Å². The van der Waals surface area contributed by atoms with Crippen LogP contribution in [0.2, 0.25) is 10.0 Å². The second-order valence-electron chi connectivity index (χ2n) is 6.05. The van der Waals surface area contributed by atoms with Crippen molar-refractivity contribution >= 4 is 57.3 Å². The summed E-state index contributed by atoms with van der Waals surface area (Å²) in [4.78, 5) is 17.6. The molecule has 152 valence electrons. The Kier molecular flexibility index (Phi) is 6.63. The fourth-order valence-electron chi connectivity index (χ4n) is 2.61. The molecule has 4 rings (SSSR count). The van der Waals surface area contributed by atoms with E-state index in [1.54, 1.807) is 29.1 Å². The van der Waals surface area contributed by atoms with E-state index in [1.165, 1.54) is 23.1 Å². The van der Waals surface area contributed by atoms with Crippen LogP contribution in [0.15, 0.2) is 59.9 Å². The molecule has 0 aliphatic rings. The van der Waals surface area contributed by atoms with Gasteiger partial charge in [0.1, 0.15) is 0 Å². The smallest absolute Gasteiger partial charge is 0.236 e. The molecule has 0 atom stereocenters. The van der Waals surface area contributed by atoms with Crippen molar-refractivity contribution in [3.8, 4) is 5.69 Å². The number of benzene rings is 2. The van der Waals surface area contributed by atoms with Crippen molar-refractivity contribution in [2.45, 2.75) is 11.6 Å². The molecule has 2 aromatic carbocycles. The number of amides is 1. The fraction of sp³-hybridized carbons (Fsp3) is 0.105. The maximum atomic E-state index is 12.3. The van der Waals surface area contributed by atoms with E-state index in [1.807, 2.05) is 30.3 Å². The third-order valence-electron chi connectivity index (χ3n) is 3.99. The number of nitrogens with zero attached hydrogens (tertiary/aromatic N) is 5. The molecule has 0 saturated carbocycles. The first-order valence-electron chi connectivity index (χ1n) is 8.74. The summed E-state index contributed by atoms with van der Waals surface area (Å²) in [6, 6.07) is 14.9. The van der Waals surface area contributed by atoms with Gasteiger partial charge in [0.2, 0.25) is 11.1 Å². The van der Waals surface area contributed by atoms with Gasteiger partial charge in [-0.25, -0.2) is 4.98 Å². The van der Waals surface area contributed by atoms with Crippen LogP contribution < -0.4 is 5.32 Å². The molecule has 1 amide bonds. The average Bonchev–Trinajstić information content (AvgIpc) is 3.39. The molecule has 0 radical (unpaired) electrons. The lowest BCUT2D eigenvalue weighted by Gasteiger charge is -2.05. The summed E-state index contributed by atoms with van der Waals surface area (Å²) in [6.07, 6.45) is 2.26. The molecule has 0 spiro atoms. The number of aromatic nitrogens is 5. The Morgan fingerprint density at radius 2 is 1.87 bits per heavy atom. The minimum absolute atomic E-state index is 0.151. The quantitative estimate of drug-likeness (QED) is 0.387. The summed E-state index contributed by atoms with van der Waals surface area (Å²) in [5, 5.41) is 16.7. The van der Waals surface area contributed by atoms with Gasteiger partial charge in [-0.05, 0) is 40.3 Å². The van der Waals surface area contributed by atoms with Crippen molar-refractivity contribution in [3.05, 3.63) is 75.2 Å². The number of halogens is 2. The number of tetrazole rings is 1. The van der Waals surface area contributed by atoms with Crippen LogP contribution in [0.4, 0.5) is 5.13 Å². The largest absolute Gasteiger partial charge is 0.301 e. The highest BCUT2D eigenvalue weighted by molar-refractivity contribution is 7.99. The number of rotatable bonds is 7. The Hall–Kier alpha value is -2.46. The summed E-state index contributed by atoms with van der Waals surface area (Å²) in [5.41, 5.74) is 1.67. The minimum atomic E-state index is -0.195. The summed E-state index contributed by atoms with van der Waals surface area (Å²) in [5.74, 6) is -0.0439. The predicted octanol–water partition coefficient (Wildman–Crippen LogP) is 4.75. The van der Waals surface area contributed by atoms with Crippen molar-refractivity contribution in [2.75, 3.05) is 11.1 Å². The number of hydrogen-bond acceptors (Lipinski definition) is 7. The Balaban J connectivity index is 1.35. The number of carbonyl (C=O) groups is 1. The molecule has 1 N–H and O–H groups in total. The van der Waals surface area contributed by atoms with E-state index in [-0.39, 0.29) is 11.7 Å². The Morgan fingerprint density at radius 3 is 2.63 bits per heavy atom. The third kappa shape index (κ3) is 4.99. The standard InChI is InChI=1S/C19H14Cl2N6OS2/c20-15-7-4-8-16(21)14(15)9-13-10-22-18(30-13)23-17(28)11-29-19-24-25-26-27(19)12-5-2-1-3-6-12/h1-8,10H,9,11H2,(H,22,23,28). The Bertz CT molecular complexity index is 1140. The van der Waals surface area contributed by atoms with Gasteiger partial charge >= 0.3 is 0 Å². The van der Waals surface area contributed by atoms with E-state index in [9.17, 15) is 4.79 Å². The molecule has 7 nitrogen and oxygen atoms in total. The minimum Gasteiger partial charge on any atom is -0.301 e. The number of thioether (sulfide) groups is 1. The topological polar surface area (TPSA) is 85.6 Å². The van der Waals surface area contributed by atoms with Crippen molar-refractivity contribution in [1.82, 2.24) is 25.2 Å². The number of hydrogen-bond donors (Lipinski definition) is 1. The summed E-state index contributed by atoms with van der Waals surface area (Å²) >= 11 is 15.1. The van der Waals surface area contributed by atoms with E-state index in [4.69, 9.17) is 23.2 Å². The lowest BCUT2D eigenvalue weighted by Crippen LogP contribution is -2.14. The zero-order valence-corrected chi connectivity index (χ0v) is 18.5. The second kappa shape index (κ2) is 9.57. The average molecular weight is 477 g/mol. The van der Waals surface area contributed by atoms with Crippen LogP contribution in [0.1, 0.15) is 10.4 Å². The van der Waals surface area contributed by atoms with Crippen LogP contribution in [0, 0.1) is 0 Å². The van der Waals surface area contributed by atoms with E-state index in [0.29, 0.717) is 26.8 Å². The lowest BCUT2D eigenvalue weighted by molar-refractivity contribution is -0.113. The van der Waals surface area contributed by atoms with Gasteiger partial charge in [0, 0.05) is 27.5 Å². The predicted molar refractivity (Wildman–Crippen MR) is 120 cm³/mol. The third-order valence-corrected chi connectivity index (χ3v) is 6.53. The number of nitrogens with one attached hydrogen (secondary N) is 1. The summed E-state index contributed by atoms with van der Waals surface area (Å²) < 4.78 is 1.59. The molecule has 2 heterocycles. The van der Waals surface area contributed by atoms with Gasteiger partial charge in [-0.15, -0.1) is 16.4 Å². The van der Waals surface area contributed by atoms with Gasteiger partial charge in [-0.2, -0.15) is 4.68 Å². The first kappa shape index (κ1) is 20.8. The maximum Gasteiger partial charge on any atom is 0.236 e. The number of carbonyl (C=O) groups excluding carboxylic acids is 1. The van der Waals surface area contributed by atoms with Crippen LogP contribution in [0.25, 0.3) is 5.69 Å². The molecular weight excluding hydrogens is 463 g/mol. The van der Waals surface area contributed by atoms with Gasteiger partial charge in [0.05, 0.1) is 11.4 Å². The zero-order valence-electron chi connectivity index (χ0n) is 15.3. The van der Waals surface area contributed by atoms with Crippen molar-refractivity contribution in [3.63, 3.8) is 0 Å². The summed E-state index contributed by atoms with van der Waals surface area (Å²) in [7, 11) is 0. The van der Waals surface area contributed by atoms with Gasteiger partial charge in [-0.3, -0.25) is 4.79 Å². The molecule has 0 saturated heterocycles. The van der Waals surface area contributed by atoms with Crippen LogP contribution in [0.5, 0.6) is 0 Å². The fourth-order valence-corrected chi connectivity index (χ4v) is 4.67. The molecule has 0 fully saturated rings. The van der Waals surface area contributed by atoms with Gasteiger partial charge in [0.15, 0.2) is 5.13 Å². The lowest BCUT2D eigenvalue weighted by atomic mass is 10.1. The van der Waals surface area contributed by atoms with E-state index >= 15 is 0 Å². The van der Waals surface area contributed by atoms with Gasteiger partial charge in [0.25, 0.3) is 0 Å². The van der Waals surface area contributed by atoms with E-state index < -0.39 is 0 Å². The summed E-state index contributed by atoms with van der Waals surface area (Å²) in [6.45, 7) is 0. The highest BCUT2D eigenvalue weighted by atomic mass is 35.5. The molecule has 11 heteroatoms. The number of thiazole rings is 1. The Labute approximate surface area is 190 Å². The molecule has 0 bridgehead atoms. The Morgan fingerprint density at radius 1 is 1.10 bits per heavy atom. The van der Waals surface area contributed by atoms with Crippen molar-refractivity contribution in [2.24, 2.45) is 0 Å². The molecule has 0 aliphatic carbocycles. The molecule has 0 unspecified atom stereocenters. The SMILES string of the molecule is O=C(CSc1nnnn1-c1ccccc1)Nc1ncc(Cc2c(Cl)cccc2Cl)s1. The van der Waals surface area contributed by atoms with E-state index in [2.05, 4.69) is 25.8 Å². The van der Waals surface area contributed by atoms with Crippen LogP contribution in [-0.4, -0.2) is 36.9 Å².